The van der Waals surface area contributed by atoms with Gasteiger partial charge in [-0.15, -0.1) is 0 Å². The number of para-hydroxylation sites is 1. The Morgan fingerprint density at radius 2 is 1.77 bits per heavy atom. The fourth-order valence-corrected chi connectivity index (χ4v) is 5.96. The summed E-state index contributed by atoms with van der Waals surface area (Å²) in [7, 11) is -3.93. The minimum Gasteiger partial charge on any atom is -0.357 e. The van der Waals surface area contributed by atoms with E-state index in [2.05, 4.69) is 4.98 Å². The zero-order chi connectivity index (χ0) is 20.9. The predicted octanol–water partition coefficient (Wildman–Crippen LogP) is 5.30. The summed E-state index contributed by atoms with van der Waals surface area (Å²) >= 11 is 6.07. The summed E-state index contributed by atoms with van der Waals surface area (Å²) < 4.78 is 42.3. The number of aromatic nitrogens is 1. The first-order valence-electron chi connectivity index (χ1n) is 9.57. The maximum atomic E-state index is 13.8. The van der Waals surface area contributed by atoms with Gasteiger partial charge in [0.1, 0.15) is 5.82 Å². The largest absolute Gasteiger partial charge is 0.357 e. The van der Waals surface area contributed by atoms with E-state index in [-0.39, 0.29) is 4.90 Å². The number of nitrogens with one attached hydrogen (secondary N) is 1. The van der Waals surface area contributed by atoms with Crippen LogP contribution in [-0.2, 0) is 16.4 Å². The van der Waals surface area contributed by atoms with Crippen molar-refractivity contribution in [3.63, 3.8) is 0 Å². The van der Waals surface area contributed by atoms with Crippen LogP contribution in [0.3, 0.4) is 0 Å². The number of hydrogen-bond donors (Lipinski definition) is 1. The first-order chi connectivity index (χ1) is 14.4. The Balaban J connectivity index is 1.72. The summed E-state index contributed by atoms with van der Waals surface area (Å²) in [6.45, 7) is 0.293. The van der Waals surface area contributed by atoms with E-state index in [9.17, 15) is 12.8 Å². The molecule has 2 heterocycles. The molecule has 1 aliphatic heterocycles. The van der Waals surface area contributed by atoms with Gasteiger partial charge in [0.25, 0.3) is 0 Å². The molecule has 30 heavy (non-hydrogen) atoms. The molecule has 0 radical (unpaired) electrons. The molecule has 4 nitrogen and oxygen atoms in total. The second kappa shape index (κ2) is 7.23. The maximum absolute atomic E-state index is 13.8. The lowest BCUT2D eigenvalue weighted by molar-refractivity contribution is 0.340. The number of hydrogen-bond acceptors (Lipinski definition) is 2. The third-order valence-corrected chi connectivity index (χ3v) is 7.69. The molecule has 1 atom stereocenters. The molecule has 1 N–H and O–H groups in total. The van der Waals surface area contributed by atoms with Crippen LogP contribution in [0.15, 0.2) is 77.7 Å². The van der Waals surface area contributed by atoms with E-state index in [0.29, 0.717) is 18.0 Å². The van der Waals surface area contributed by atoms with E-state index >= 15 is 0 Å². The highest BCUT2D eigenvalue weighted by Crippen LogP contribution is 2.41. The lowest BCUT2D eigenvalue weighted by Crippen LogP contribution is -2.40. The molecule has 0 saturated heterocycles. The predicted molar refractivity (Wildman–Crippen MR) is 116 cm³/mol. The van der Waals surface area contributed by atoms with Gasteiger partial charge in [-0.2, -0.15) is 4.31 Å². The quantitative estimate of drug-likeness (QED) is 0.470. The number of rotatable bonds is 3. The van der Waals surface area contributed by atoms with Gasteiger partial charge >= 0.3 is 0 Å². The fourth-order valence-electron chi connectivity index (χ4n) is 4.22. The Labute approximate surface area is 179 Å². The van der Waals surface area contributed by atoms with Crippen molar-refractivity contribution in [3.05, 3.63) is 100 Å². The lowest BCUT2D eigenvalue weighted by atomic mass is 9.94. The molecular weight excluding hydrogens is 423 g/mol. The molecule has 7 heteroatoms. The van der Waals surface area contributed by atoms with Gasteiger partial charge in [0.05, 0.1) is 10.9 Å². The summed E-state index contributed by atoms with van der Waals surface area (Å²) in [5.74, 6) is -0.581. The minimum absolute atomic E-state index is 0.0546. The van der Waals surface area contributed by atoms with Crippen LogP contribution in [0, 0.1) is 5.82 Å². The lowest BCUT2D eigenvalue weighted by Gasteiger charge is -2.35. The number of sulfonamides is 1. The third-order valence-electron chi connectivity index (χ3n) is 5.58. The summed E-state index contributed by atoms with van der Waals surface area (Å²) in [5.41, 5.74) is 3.71. The second-order valence-corrected chi connectivity index (χ2v) is 9.67. The van der Waals surface area contributed by atoms with Crippen molar-refractivity contribution in [2.45, 2.75) is 17.4 Å². The van der Waals surface area contributed by atoms with Crippen molar-refractivity contribution in [3.8, 4) is 0 Å². The Morgan fingerprint density at radius 3 is 2.53 bits per heavy atom. The Kier molecular flexibility index (Phi) is 4.65. The smallest absolute Gasteiger partial charge is 0.244 e. The number of benzene rings is 3. The number of halogens is 2. The highest BCUT2D eigenvalue weighted by atomic mass is 35.5. The van der Waals surface area contributed by atoms with E-state index in [0.717, 1.165) is 33.8 Å². The average Bonchev–Trinajstić information content (AvgIpc) is 3.12. The average molecular weight is 441 g/mol. The van der Waals surface area contributed by atoms with Gasteiger partial charge in [-0.1, -0.05) is 48.0 Å². The maximum Gasteiger partial charge on any atom is 0.244 e. The van der Waals surface area contributed by atoms with Gasteiger partial charge in [-0.3, -0.25) is 0 Å². The third kappa shape index (κ3) is 3.12. The van der Waals surface area contributed by atoms with E-state index in [1.54, 1.807) is 12.1 Å². The molecule has 5 rings (SSSR count). The van der Waals surface area contributed by atoms with Gasteiger partial charge in [-0.25, -0.2) is 12.8 Å². The topological polar surface area (TPSA) is 53.2 Å². The first-order valence-corrected chi connectivity index (χ1v) is 11.4. The van der Waals surface area contributed by atoms with Crippen molar-refractivity contribution in [2.75, 3.05) is 6.54 Å². The van der Waals surface area contributed by atoms with Crippen molar-refractivity contribution < 1.29 is 12.8 Å². The van der Waals surface area contributed by atoms with Gasteiger partial charge in [-0.05, 0) is 53.9 Å². The highest BCUT2D eigenvalue weighted by Gasteiger charge is 2.39. The van der Waals surface area contributed by atoms with Crippen LogP contribution >= 0.6 is 11.6 Å². The molecule has 0 spiro atoms. The number of H-pyrrole nitrogens is 1. The van der Waals surface area contributed by atoms with Crippen LogP contribution in [-0.4, -0.2) is 24.3 Å². The molecule has 3 aromatic carbocycles. The van der Waals surface area contributed by atoms with Gasteiger partial charge in [0.2, 0.25) is 10.0 Å². The van der Waals surface area contributed by atoms with E-state index < -0.39 is 21.9 Å². The zero-order valence-electron chi connectivity index (χ0n) is 15.8. The molecule has 152 valence electrons. The Hall–Kier alpha value is -2.67. The summed E-state index contributed by atoms with van der Waals surface area (Å²) in [4.78, 5) is 3.38. The summed E-state index contributed by atoms with van der Waals surface area (Å²) in [6, 6.07) is 19.7. The molecule has 0 fully saturated rings. The SMILES string of the molecule is O=S(=O)(c1cccc(F)c1)N1CCc2c([nH]c3ccccc23)[C@H]1c1ccc(Cl)cc1. The molecule has 0 unspecified atom stereocenters. The van der Waals surface area contributed by atoms with Gasteiger partial charge < -0.3 is 4.98 Å². The molecule has 0 saturated carbocycles. The molecule has 4 aromatic rings. The molecule has 1 aliphatic rings. The first kappa shape index (κ1) is 19.3. The van der Waals surface area contributed by atoms with E-state index in [1.807, 2.05) is 36.4 Å². The van der Waals surface area contributed by atoms with Crippen LogP contribution in [0.5, 0.6) is 0 Å². The zero-order valence-corrected chi connectivity index (χ0v) is 17.4. The van der Waals surface area contributed by atoms with Crippen LogP contribution in [0.1, 0.15) is 22.9 Å². The Bertz CT molecular complexity index is 1350. The monoisotopic (exact) mass is 440 g/mol. The Morgan fingerprint density at radius 1 is 1.00 bits per heavy atom. The van der Waals surface area contributed by atoms with E-state index in [4.69, 9.17) is 11.6 Å². The van der Waals surface area contributed by atoms with Crippen molar-refractivity contribution >= 4 is 32.5 Å². The van der Waals surface area contributed by atoms with Crippen LogP contribution < -0.4 is 0 Å². The molecule has 0 aliphatic carbocycles. The number of aromatic amines is 1. The van der Waals surface area contributed by atoms with E-state index in [1.165, 1.54) is 22.5 Å². The second-order valence-electron chi connectivity index (χ2n) is 7.34. The van der Waals surface area contributed by atoms with Crippen molar-refractivity contribution in [1.29, 1.82) is 0 Å². The highest BCUT2D eigenvalue weighted by molar-refractivity contribution is 7.89. The normalized spacial score (nSPS) is 17.2. The van der Waals surface area contributed by atoms with Crippen LogP contribution in [0.25, 0.3) is 10.9 Å². The minimum atomic E-state index is -3.93. The standard InChI is InChI=1S/C23H18ClFN2O2S/c24-16-10-8-15(9-11-16)23-22-20(19-6-1-2-7-21(19)26-22)12-13-27(23)30(28,29)18-5-3-4-17(25)14-18/h1-11,14,23,26H,12-13H2/t23-/m1/s1. The fraction of sp³-hybridized carbons (Fsp3) is 0.130. The number of nitrogens with zero attached hydrogens (tertiary/aromatic N) is 1. The molecule has 0 bridgehead atoms. The van der Waals surface area contributed by atoms with Crippen molar-refractivity contribution in [1.82, 2.24) is 9.29 Å². The summed E-state index contributed by atoms with van der Waals surface area (Å²) in [5, 5.41) is 1.67. The molecule has 0 amide bonds. The van der Waals surface area contributed by atoms with Gasteiger partial charge in [0, 0.05) is 28.2 Å². The van der Waals surface area contributed by atoms with Gasteiger partial charge in [0.15, 0.2) is 0 Å². The molecule has 1 aromatic heterocycles. The van der Waals surface area contributed by atoms with Crippen LogP contribution in [0.4, 0.5) is 4.39 Å². The van der Waals surface area contributed by atoms with Crippen LogP contribution in [0.2, 0.25) is 5.02 Å². The molecular formula is C23H18ClFN2O2S. The van der Waals surface area contributed by atoms with Crippen molar-refractivity contribution in [2.24, 2.45) is 0 Å². The number of fused-ring (bicyclic) bond motifs is 3. The summed E-state index contributed by atoms with van der Waals surface area (Å²) in [6.07, 6.45) is 0.567.